The summed E-state index contributed by atoms with van der Waals surface area (Å²) < 4.78 is 20.7. The van der Waals surface area contributed by atoms with Crippen molar-refractivity contribution < 1.29 is 28.5 Å². The lowest BCUT2D eigenvalue weighted by Crippen LogP contribution is -2.37. The molecule has 2 atom stereocenters. The minimum atomic E-state index is -0.923. The normalized spacial score (nSPS) is 15.4. The second-order valence-corrected chi connectivity index (χ2v) is 5.65. The van der Waals surface area contributed by atoms with Crippen molar-refractivity contribution in [1.82, 2.24) is 5.32 Å². The molecule has 0 aliphatic carbocycles. The van der Waals surface area contributed by atoms with Crippen molar-refractivity contribution in [3.05, 3.63) is 35.6 Å². The van der Waals surface area contributed by atoms with Crippen LogP contribution in [0.3, 0.4) is 0 Å². The van der Waals surface area contributed by atoms with Crippen molar-refractivity contribution in [2.45, 2.75) is 32.4 Å². The predicted octanol–water partition coefficient (Wildman–Crippen LogP) is 2.12. The Hall–Kier alpha value is -2.70. The lowest BCUT2D eigenvalue weighted by atomic mass is 10.1. The van der Waals surface area contributed by atoms with Gasteiger partial charge in [0.25, 0.3) is 5.91 Å². The molecule has 25 heavy (non-hydrogen) atoms. The third-order valence-electron chi connectivity index (χ3n) is 3.89. The van der Waals surface area contributed by atoms with Crippen LogP contribution in [-0.4, -0.2) is 38.8 Å². The number of hydrogen-bond donors (Lipinski definition) is 1. The topological polar surface area (TPSA) is 83.1 Å². The number of carbonyl (C=O) groups excluding carboxylic acids is 2. The van der Waals surface area contributed by atoms with E-state index in [0.29, 0.717) is 30.1 Å². The van der Waals surface area contributed by atoms with Gasteiger partial charge in [0.2, 0.25) is 0 Å². The molecule has 1 aliphatic heterocycles. The highest BCUT2D eigenvalue weighted by atomic mass is 16.6. The Morgan fingerprint density at radius 3 is 2.56 bits per heavy atom. The molecule has 0 aromatic heterocycles. The second kappa shape index (κ2) is 8.41. The standard InChI is InChI=1S/C18H23NO6/c1-11(15-9-14(22-3)5-6-16(15)23-4)19-17(20)12(2)25-18(21)13-7-8-24-10-13/h5-6,9-12H,7-8H2,1-4H3,(H,19,20). The fraction of sp³-hybridized carbons (Fsp3) is 0.444. The van der Waals surface area contributed by atoms with E-state index >= 15 is 0 Å². The number of carbonyl (C=O) groups is 2. The van der Waals surface area contributed by atoms with Gasteiger partial charge in [-0.2, -0.15) is 0 Å². The summed E-state index contributed by atoms with van der Waals surface area (Å²) in [6.45, 7) is 3.80. The monoisotopic (exact) mass is 349 g/mol. The quantitative estimate of drug-likeness (QED) is 0.759. The third kappa shape index (κ3) is 4.65. The fourth-order valence-electron chi connectivity index (χ4n) is 2.41. The van der Waals surface area contributed by atoms with Gasteiger partial charge in [-0.05, 0) is 32.0 Å². The van der Waals surface area contributed by atoms with E-state index in [1.54, 1.807) is 32.4 Å². The molecule has 0 radical (unpaired) electrons. The van der Waals surface area contributed by atoms with Gasteiger partial charge < -0.3 is 24.3 Å². The maximum absolute atomic E-state index is 12.3. The number of esters is 1. The summed E-state index contributed by atoms with van der Waals surface area (Å²) in [7, 11) is 3.12. The van der Waals surface area contributed by atoms with E-state index < -0.39 is 18.0 Å². The summed E-state index contributed by atoms with van der Waals surface area (Å²) in [4.78, 5) is 24.2. The van der Waals surface area contributed by atoms with Crippen LogP contribution in [0.25, 0.3) is 0 Å². The summed E-state index contributed by atoms with van der Waals surface area (Å²) in [6, 6.07) is 4.99. The molecule has 2 unspecified atom stereocenters. The summed E-state index contributed by atoms with van der Waals surface area (Å²) in [5, 5.41) is 2.82. The molecule has 0 saturated carbocycles. The lowest BCUT2D eigenvalue weighted by Gasteiger charge is -2.20. The maximum atomic E-state index is 12.3. The van der Waals surface area contributed by atoms with Crippen LogP contribution < -0.4 is 14.8 Å². The number of hydrogen-bond acceptors (Lipinski definition) is 6. The summed E-state index contributed by atoms with van der Waals surface area (Å²) in [6.07, 6.45) is 0.939. The lowest BCUT2D eigenvalue weighted by molar-refractivity contribution is -0.151. The number of methoxy groups -OCH3 is 2. The number of nitrogens with one attached hydrogen (secondary N) is 1. The minimum absolute atomic E-state index is 0.354. The van der Waals surface area contributed by atoms with E-state index in [1.165, 1.54) is 13.2 Å². The van der Waals surface area contributed by atoms with Crippen molar-refractivity contribution in [2.75, 3.05) is 20.8 Å². The molecule has 2 rings (SSSR count). The van der Waals surface area contributed by atoms with E-state index in [-0.39, 0.29) is 6.04 Å². The van der Waals surface area contributed by atoms with Crippen LogP contribution in [0.2, 0.25) is 0 Å². The first-order valence-corrected chi connectivity index (χ1v) is 8.00. The molecule has 7 heteroatoms. The molecule has 7 nitrogen and oxygen atoms in total. The average Bonchev–Trinajstić information content (AvgIpc) is 3.15. The zero-order valence-corrected chi connectivity index (χ0v) is 14.8. The molecule has 1 N–H and O–H groups in total. The van der Waals surface area contributed by atoms with E-state index in [9.17, 15) is 9.59 Å². The van der Waals surface area contributed by atoms with Gasteiger partial charge >= 0.3 is 5.97 Å². The van der Waals surface area contributed by atoms with E-state index in [1.807, 2.05) is 6.92 Å². The third-order valence-corrected chi connectivity index (χ3v) is 3.89. The molecule has 1 heterocycles. The van der Waals surface area contributed by atoms with Gasteiger partial charge in [-0.1, -0.05) is 0 Å². The van der Waals surface area contributed by atoms with Crippen molar-refractivity contribution in [3.8, 4) is 11.5 Å². The van der Waals surface area contributed by atoms with E-state index in [0.717, 1.165) is 5.56 Å². The molecule has 0 bridgehead atoms. The minimum Gasteiger partial charge on any atom is -0.500 e. The summed E-state index contributed by atoms with van der Waals surface area (Å²) >= 11 is 0. The molecule has 0 saturated heterocycles. The first-order valence-electron chi connectivity index (χ1n) is 8.00. The highest BCUT2D eigenvalue weighted by Crippen LogP contribution is 2.29. The smallest absolute Gasteiger partial charge is 0.338 e. The molecular weight excluding hydrogens is 326 g/mol. The van der Waals surface area contributed by atoms with Crippen molar-refractivity contribution in [2.24, 2.45) is 0 Å². The molecule has 1 aromatic carbocycles. The highest BCUT2D eigenvalue weighted by Gasteiger charge is 2.24. The molecule has 136 valence electrons. The Balaban J connectivity index is 2.00. The second-order valence-electron chi connectivity index (χ2n) is 5.65. The van der Waals surface area contributed by atoms with Crippen LogP contribution in [0.5, 0.6) is 11.5 Å². The molecule has 1 aliphatic rings. The molecule has 0 fully saturated rings. The van der Waals surface area contributed by atoms with Crippen LogP contribution in [0.15, 0.2) is 30.0 Å². The Bertz CT molecular complexity index is 670. The van der Waals surface area contributed by atoms with Crippen LogP contribution >= 0.6 is 0 Å². The number of amides is 1. The average molecular weight is 349 g/mol. The zero-order valence-electron chi connectivity index (χ0n) is 14.8. The molecule has 1 amide bonds. The van der Waals surface area contributed by atoms with Gasteiger partial charge in [0.15, 0.2) is 6.10 Å². The Morgan fingerprint density at radius 1 is 1.20 bits per heavy atom. The largest absolute Gasteiger partial charge is 0.500 e. The predicted molar refractivity (Wildman–Crippen MR) is 90.3 cm³/mol. The van der Waals surface area contributed by atoms with Gasteiger partial charge in [0, 0.05) is 12.0 Å². The van der Waals surface area contributed by atoms with Crippen molar-refractivity contribution in [3.63, 3.8) is 0 Å². The molecule has 1 aromatic rings. The highest BCUT2D eigenvalue weighted by molar-refractivity contribution is 5.91. The first-order chi connectivity index (χ1) is 12.0. The number of rotatable bonds is 7. The van der Waals surface area contributed by atoms with Crippen molar-refractivity contribution >= 4 is 11.9 Å². The number of benzene rings is 1. The maximum Gasteiger partial charge on any atom is 0.338 e. The Labute approximate surface area is 146 Å². The fourth-order valence-corrected chi connectivity index (χ4v) is 2.41. The SMILES string of the molecule is COc1ccc(OC)c(C(C)NC(=O)C(C)OC(=O)C2=COCC2)c1. The first kappa shape index (κ1) is 18.6. The van der Waals surface area contributed by atoms with Crippen LogP contribution in [0.4, 0.5) is 0 Å². The van der Waals surface area contributed by atoms with Crippen LogP contribution in [0.1, 0.15) is 31.9 Å². The van der Waals surface area contributed by atoms with E-state index in [2.05, 4.69) is 5.32 Å². The van der Waals surface area contributed by atoms with Gasteiger partial charge in [0.1, 0.15) is 11.5 Å². The van der Waals surface area contributed by atoms with Gasteiger partial charge in [-0.15, -0.1) is 0 Å². The van der Waals surface area contributed by atoms with E-state index in [4.69, 9.17) is 18.9 Å². The van der Waals surface area contributed by atoms with Gasteiger partial charge in [0.05, 0.1) is 38.7 Å². The molecular formula is C18H23NO6. The summed E-state index contributed by atoms with van der Waals surface area (Å²) in [5.41, 5.74) is 1.20. The zero-order chi connectivity index (χ0) is 18.4. The summed E-state index contributed by atoms with van der Waals surface area (Å²) in [5.74, 6) is 0.355. The van der Waals surface area contributed by atoms with Crippen LogP contribution in [0, 0.1) is 0 Å². The van der Waals surface area contributed by atoms with Gasteiger partial charge in [-0.25, -0.2) is 4.79 Å². The Kier molecular flexibility index (Phi) is 6.27. The van der Waals surface area contributed by atoms with Gasteiger partial charge in [-0.3, -0.25) is 4.79 Å². The Morgan fingerprint density at radius 2 is 1.96 bits per heavy atom. The van der Waals surface area contributed by atoms with Crippen LogP contribution in [-0.2, 0) is 19.1 Å². The van der Waals surface area contributed by atoms with Crippen molar-refractivity contribution in [1.29, 1.82) is 0 Å². The number of ether oxygens (including phenoxy) is 4. The molecule has 0 spiro atoms.